The average Bonchev–Trinajstić information content (AvgIpc) is 1.61. The molecule has 0 rings (SSSR count). The lowest BCUT2D eigenvalue weighted by atomic mass is 10.9. The topological polar surface area (TPSA) is 9.23 Å². The van der Waals surface area contributed by atoms with E-state index in [0.29, 0.717) is 0 Å². The van der Waals surface area contributed by atoms with Crippen molar-refractivity contribution in [1.82, 2.24) is 0 Å². The molecule has 0 aromatic carbocycles. The molecule has 0 saturated carbocycles. The van der Waals surface area contributed by atoms with Crippen LogP contribution in [0.4, 0.5) is 0 Å². The van der Waals surface area contributed by atoms with Crippen molar-refractivity contribution in [3.63, 3.8) is 0 Å². The quantitative estimate of drug-likeness (QED) is 0.412. The van der Waals surface area contributed by atoms with E-state index in [2.05, 4.69) is 6.66 Å². The molecule has 2 atom stereocenters. The highest BCUT2D eigenvalue weighted by atomic mass is 32.0. The molecule has 6 heavy (non-hydrogen) atoms. The Morgan fingerprint density at radius 1 is 1.67 bits per heavy atom. The van der Waals surface area contributed by atoms with Gasteiger partial charge in [-0.1, -0.05) is 8.27 Å². The van der Waals surface area contributed by atoms with Gasteiger partial charge in [0, 0.05) is 15.1 Å². The first-order chi connectivity index (χ1) is 2.91. The van der Waals surface area contributed by atoms with E-state index in [0.717, 1.165) is 23.4 Å². The van der Waals surface area contributed by atoms with Gasteiger partial charge in [-0.2, -0.15) is 0 Å². The second kappa shape index (κ2) is 5.82. The van der Waals surface area contributed by atoms with Gasteiger partial charge in [0.05, 0.1) is 0 Å². The van der Waals surface area contributed by atoms with Crippen LogP contribution in [0.2, 0.25) is 0 Å². The van der Waals surface area contributed by atoms with Crippen molar-refractivity contribution in [2.45, 2.75) is 6.92 Å². The Labute approximate surface area is 42.4 Å². The van der Waals surface area contributed by atoms with Crippen LogP contribution in [-0.4, -0.2) is 13.3 Å². The van der Waals surface area contributed by atoms with Crippen LogP contribution in [0, 0.1) is 0 Å². The zero-order chi connectivity index (χ0) is 4.83. The van der Waals surface area contributed by atoms with Crippen LogP contribution in [0.25, 0.3) is 0 Å². The Morgan fingerprint density at radius 3 is 2.50 bits per heavy atom. The minimum atomic E-state index is 0.743. The van der Waals surface area contributed by atoms with E-state index < -0.39 is 0 Å². The Hall–Kier alpha value is 0.820. The zero-order valence-corrected chi connectivity index (χ0v) is 6.12. The van der Waals surface area contributed by atoms with Gasteiger partial charge in [-0.3, -0.25) is 0 Å². The van der Waals surface area contributed by atoms with Gasteiger partial charge in [-0.15, -0.1) is 0 Å². The molecule has 2 unspecified atom stereocenters. The van der Waals surface area contributed by atoms with E-state index in [9.17, 15) is 0 Å². The van der Waals surface area contributed by atoms with Crippen molar-refractivity contribution >= 4 is 16.8 Å². The summed E-state index contributed by atoms with van der Waals surface area (Å²) in [5, 5.41) is 0. The van der Waals surface area contributed by atoms with Crippen molar-refractivity contribution in [3.05, 3.63) is 0 Å². The van der Waals surface area contributed by atoms with Crippen LogP contribution in [0.3, 0.4) is 0 Å². The molecular formula is C3H10OP2. The molecule has 0 heterocycles. The fourth-order valence-electron chi connectivity index (χ4n) is 0.144. The summed E-state index contributed by atoms with van der Waals surface area (Å²) in [6, 6.07) is 0. The second-order valence-electron chi connectivity index (χ2n) is 0.785. The highest BCUT2D eigenvalue weighted by Crippen LogP contribution is 2.32. The Bertz CT molecular complexity index is 20.8. The van der Waals surface area contributed by atoms with Crippen LogP contribution < -0.4 is 0 Å². The van der Waals surface area contributed by atoms with Gasteiger partial charge < -0.3 is 4.52 Å². The molecule has 0 aliphatic heterocycles. The van der Waals surface area contributed by atoms with Crippen LogP contribution >= 0.6 is 16.8 Å². The van der Waals surface area contributed by atoms with Gasteiger partial charge in [0.15, 0.2) is 0 Å². The van der Waals surface area contributed by atoms with Crippen LogP contribution in [-0.2, 0) is 4.52 Å². The SMILES string of the molecule is CCOPPC. The van der Waals surface area contributed by atoms with E-state index in [4.69, 9.17) is 4.52 Å². The molecule has 0 aliphatic carbocycles. The van der Waals surface area contributed by atoms with Crippen LogP contribution in [0.5, 0.6) is 0 Å². The van der Waals surface area contributed by atoms with E-state index in [1.165, 1.54) is 0 Å². The van der Waals surface area contributed by atoms with Crippen LogP contribution in [0.1, 0.15) is 6.92 Å². The lowest BCUT2D eigenvalue weighted by Crippen LogP contribution is -1.67. The highest BCUT2D eigenvalue weighted by Gasteiger charge is 1.72. The zero-order valence-electron chi connectivity index (χ0n) is 4.12. The van der Waals surface area contributed by atoms with Crippen LogP contribution in [0.15, 0.2) is 0 Å². The first-order valence-electron chi connectivity index (χ1n) is 1.95. The number of hydrogen-bond acceptors (Lipinski definition) is 1. The van der Waals surface area contributed by atoms with Gasteiger partial charge in [0.2, 0.25) is 0 Å². The second-order valence-corrected chi connectivity index (χ2v) is 3.89. The minimum Gasteiger partial charge on any atom is -0.358 e. The monoisotopic (exact) mass is 124 g/mol. The third-order valence-corrected chi connectivity index (χ3v) is 2.00. The van der Waals surface area contributed by atoms with Gasteiger partial charge in [-0.25, -0.2) is 0 Å². The largest absolute Gasteiger partial charge is 0.358 e. The Kier molecular flexibility index (Phi) is 6.62. The third kappa shape index (κ3) is 4.82. The van der Waals surface area contributed by atoms with Gasteiger partial charge >= 0.3 is 0 Å². The van der Waals surface area contributed by atoms with Crippen molar-refractivity contribution in [3.8, 4) is 0 Å². The van der Waals surface area contributed by atoms with Gasteiger partial charge in [0.1, 0.15) is 0 Å². The molecule has 3 heteroatoms. The molecule has 0 amide bonds. The first-order valence-corrected chi connectivity index (χ1v) is 5.36. The normalized spacial score (nSPS) is 13.0. The molecule has 38 valence electrons. The molecule has 0 aliphatic rings. The minimum absolute atomic E-state index is 0.743. The molecule has 0 aromatic rings. The van der Waals surface area contributed by atoms with Gasteiger partial charge in [0.25, 0.3) is 0 Å². The maximum Gasteiger partial charge on any atom is 0.0481 e. The summed E-state index contributed by atoms with van der Waals surface area (Å²) in [7, 11) is 1.71. The van der Waals surface area contributed by atoms with Crippen molar-refractivity contribution in [1.29, 1.82) is 0 Å². The van der Waals surface area contributed by atoms with Crippen molar-refractivity contribution < 1.29 is 4.52 Å². The summed E-state index contributed by atoms with van der Waals surface area (Å²) in [5.41, 5.74) is 0. The smallest absolute Gasteiger partial charge is 0.0481 e. The van der Waals surface area contributed by atoms with E-state index in [1.54, 1.807) is 0 Å². The Balaban J connectivity index is 2.34. The Morgan fingerprint density at radius 2 is 2.33 bits per heavy atom. The van der Waals surface area contributed by atoms with Gasteiger partial charge in [-0.05, 0) is 13.6 Å². The summed E-state index contributed by atoms with van der Waals surface area (Å²) < 4.78 is 5.02. The summed E-state index contributed by atoms with van der Waals surface area (Å²) in [4.78, 5) is 0. The lowest BCUT2D eigenvalue weighted by molar-refractivity contribution is 0.397. The summed E-state index contributed by atoms with van der Waals surface area (Å²) in [5.74, 6) is 0. The standard InChI is InChI=1S/C3H10OP2/c1-3-4-6-5-2/h5-6H,3H2,1-2H3. The molecule has 0 aromatic heterocycles. The lowest BCUT2D eigenvalue weighted by Gasteiger charge is -1.91. The molecule has 0 bridgehead atoms. The fraction of sp³-hybridized carbons (Fsp3) is 1.00. The summed E-state index contributed by atoms with van der Waals surface area (Å²) >= 11 is 0. The number of rotatable bonds is 3. The fourth-order valence-corrected chi connectivity index (χ4v) is 1.30. The number of hydrogen-bond donors (Lipinski definition) is 0. The molecule has 1 nitrogen and oxygen atoms in total. The van der Waals surface area contributed by atoms with E-state index in [-0.39, 0.29) is 0 Å². The predicted octanol–water partition coefficient (Wildman–Crippen LogP) is 1.84. The molecule has 0 spiro atoms. The molecule has 0 saturated heterocycles. The third-order valence-electron chi connectivity index (χ3n) is 0.319. The van der Waals surface area contributed by atoms with Crippen molar-refractivity contribution in [2.75, 3.05) is 13.3 Å². The van der Waals surface area contributed by atoms with E-state index >= 15 is 0 Å². The molecule has 0 radical (unpaired) electrons. The maximum atomic E-state index is 5.02. The average molecular weight is 124 g/mol. The highest BCUT2D eigenvalue weighted by molar-refractivity contribution is 8.09. The molecule has 0 fully saturated rings. The summed E-state index contributed by atoms with van der Waals surface area (Å²) in [6.07, 6.45) is 0. The van der Waals surface area contributed by atoms with Crippen molar-refractivity contribution in [2.24, 2.45) is 0 Å². The predicted molar refractivity (Wildman–Crippen MR) is 34.2 cm³/mol. The first kappa shape index (κ1) is 6.82. The molecule has 0 N–H and O–H groups in total. The summed E-state index contributed by atoms with van der Waals surface area (Å²) in [6.45, 7) is 5.04. The van der Waals surface area contributed by atoms with E-state index in [1.807, 2.05) is 6.92 Å². The molecular weight excluding hydrogens is 114 g/mol. The maximum absolute atomic E-state index is 5.02.